The lowest BCUT2D eigenvalue weighted by molar-refractivity contribution is 0.0948. The minimum atomic E-state index is -0.557. The van der Waals surface area contributed by atoms with Crippen LogP contribution in [0.3, 0.4) is 0 Å². The van der Waals surface area contributed by atoms with Crippen LogP contribution in [0, 0.1) is 4.77 Å². The van der Waals surface area contributed by atoms with E-state index in [0.29, 0.717) is 34.0 Å². The van der Waals surface area contributed by atoms with Crippen molar-refractivity contribution in [2.75, 3.05) is 0 Å². The second-order valence-electron chi connectivity index (χ2n) is 6.22. The molecule has 3 rings (SSSR count). The normalized spacial score (nSPS) is 10.5. The van der Waals surface area contributed by atoms with Crippen molar-refractivity contribution in [1.29, 1.82) is 0 Å². The molecule has 1 heterocycles. The van der Waals surface area contributed by atoms with Crippen LogP contribution < -0.4 is 15.8 Å². The van der Waals surface area contributed by atoms with Crippen molar-refractivity contribution >= 4 is 24.0 Å². The number of carbonyl (C=O) groups is 2. The van der Waals surface area contributed by atoms with Crippen LogP contribution in [0.1, 0.15) is 39.0 Å². The van der Waals surface area contributed by atoms with Crippen molar-refractivity contribution in [3.05, 3.63) is 75.8 Å². The van der Waals surface area contributed by atoms with E-state index in [1.807, 2.05) is 17.6 Å². The molecule has 0 fully saturated rings. The van der Waals surface area contributed by atoms with E-state index < -0.39 is 5.91 Å². The number of ether oxygens (including phenoxy) is 1. The van der Waals surface area contributed by atoms with Crippen molar-refractivity contribution in [2.24, 2.45) is 5.73 Å². The summed E-state index contributed by atoms with van der Waals surface area (Å²) >= 11 is 5.15. The number of para-hydroxylation sites is 1. The molecule has 8 nitrogen and oxygen atoms in total. The predicted molar refractivity (Wildman–Crippen MR) is 110 cm³/mol. The van der Waals surface area contributed by atoms with Crippen molar-refractivity contribution < 1.29 is 14.3 Å². The number of hydrogen-bond acceptors (Lipinski definition) is 5. The fraction of sp³-hybridized carbons (Fsp3) is 0.200. The van der Waals surface area contributed by atoms with Crippen LogP contribution in [0.25, 0.3) is 0 Å². The number of nitrogens with one attached hydrogen (secondary N) is 2. The highest BCUT2D eigenvalue weighted by atomic mass is 32.1. The molecule has 2 aromatic carbocycles. The average Bonchev–Trinajstić information content (AvgIpc) is 3.10. The Balaban J connectivity index is 1.65. The number of nitrogens with two attached hydrogens (primary N) is 1. The summed E-state index contributed by atoms with van der Waals surface area (Å²) in [6.07, 6.45) is 0. The van der Waals surface area contributed by atoms with Crippen LogP contribution in [0.5, 0.6) is 5.75 Å². The van der Waals surface area contributed by atoms with Gasteiger partial charge in [0, 0.05) is 12.1 Å². The number of aromatic amines is 1. The Morgan fingerprint density at radius 3 is 2.79 bits per heavy atom. The summed E-state index contributed by atoms with van der Waals surface area (Å²) in [6, 6.07) is 13.8. The van der Waals surface area contributed by atoms with Crippen LogP contribution in [0.4, 0.5) is 0 Å². The zero-order valence-electron chi connectivity index (χ0n) is 15.8. The largest absolute Gasteiger partial charge is 0.488 e. The first-order valence-electron chi connectivity index (χ1n) is 9.02. The van der Waals surface area contributed by atoms with E-state index in [-0.39, 0.29) is 19.1 Å². The van der Waals surface area contributed by atoms with Gasteiger partial charge in [-0.15, -0.1) is 0 Å². The van der Waals surface area contributed by atoms with Gasteiger partial charge in [-0.25, -0.2) is 0 Å². The summed E-state index contributed by atoms with van der Waals surface area (Å²) in [5.74, 6) is 0.269. The molecule has 150 valence electrons. The molecule has 9 heteroatoms. The van der Waals surface area contributed by atoms with Crippen molar-refractivity contribution in [3.8, 4) is 5.75 Å². The Hall–Kier alpha value is -3.46. The van der Waals surface area contributed by atoms with Gasteiger partial charge in [0.2, 0.25) is 0 Å². The first-order chi connectivity index (χ1) is 14.0. The summed E-state index contributed by atoms with van der Waals surface area (Å²) in [5.41, 5.74) is 6.95. The number of primary amides is 1. The molecule has 0 aliphatic rings. The molecule has 0 atom stereocenters. The Morgan fingerprint density at radius 2 is 2.03 bits per heavy atom. The van der Waals surface area contributed by atoms with Gasteiger partial charge in [0.1, 0.15) is 12.4 Å². The Kier molecular flexibility index (Phi) is 6.40. The van der Waals surface area contributed by atoms with Crippen LogP contribution >= 0.6 is 12.2 Å². The van der Waals surface area contributed by atoms with E-state index in [2.05, 4.69) is 15.5 Å². The number of amides is 2. The number of rotatable bonds is 8. The van der Waals surface area contributed by atoms with Crippen LogP contribution in [-0.2, 0) is 19.7 Å². The van der Waals surface area contributed by atoms with Gasteiger partial charge in [0.25, 0.3) is 11.8 Å². The number of hydrogen-bond donors (Lipinski definition) is 3. The Labute approximate surface area is 172 Å². The molecule has 0 aliphatic heterocycles. The quantitative estimate of drug-likeness (QED) is 0.493. The van der Waals surface area contributed by atoms with Gasteiger partial charge in [0.05, 0.1) is 12.1 Å². The smallest absolute Gasteiger partial charge is 0.252 e. The monoisotopic (exact) mass is 411 g/mol. The third-order valence-electron chi connectivity index (χ3n) is 4.30. The van der Waals surface area contributed by atoms with Gasteiger partial charge in [0.15, 0.2) is 10.6 Å². The van der Waals surface area contributed by atoms with Crippen molar-refractivity contribution in [3.63, 3.8) is 0 Å². The van der Waals surface area contributed by atoms with Gasteiger partial charge >= 0.3 is 0 Å². The Morgan fingerprint density at radius 1 is 1.24 bits per heavy atom. The minimum Gasteiger partial charge on any atom is -0.488 e. The SMILES string of the molecule is CCn1c(CNC(=O)c2cccc(COc3ccccc3C(N)=O)c2)n[nH]c1=S. The summed E-state index contributed by atoms with van der Waals surface area (Å²) in [5, 5.41) is 9.69. The van der Waals surface area contributed by atoms with Crippen LogP contribution in [0.15, 0.2) is 48.5 Å². The van der Waals surface area contributed by atoms with E-state index in [1.165, 1.54) is 0 Å². The molecule has 0 spiro atoms. The molecule has 4 N–H and O–H groups in total. The third-order valence-corrected chi connectivity index (χ3v) is 4.61. The first kappa shape index (κ1) is 20.3. The maximum atomic E-state index is 12.5. The maximum Gasteiger partial charge on any atom is 0.252 e. The molecule has 0 bridgehead atoms. The highest BCUT2D eigenvalue weighted by molar-refractivity contribution is 7.71. The molecular weight excluding hydrogens is 390 g/mol. The van der Waals surface area contributed by atoms with Gasteiger partial charge in [-0.05, 0) is 49.0 Å². The number of benzene rings is 2. The second-order valence-corrected chi connectivity index (χ2v) is 6.61. The topological polar surface area (TPSA) is 115 Å². The number of carbonyl (C=O) groups excluding carboxylic acids is 2. The molecule has 2 amide bonds. The highest BCUT2D eigenvalue weighted by Gasteiger charge is 2.11. The molecule has 0 saturated heterocycles. The van der Waals surface area contributed by atoms with E-state index in [1.54, 1.807) is 42.5 Å². The lowest BCUT2D eigenvalue weighted by atomic mass is 10.1. The van der Waals surface area contributed by atoms with Gasteiger partial charge in [-0.2, -0.15) is 5.10 Å². The first-order valence-corrected chi connectivity index (χ1v) is 9.43. The van der Waals surface area contributed by atoms with Crippen LogP contribution in [-0.4, -0.2) is 26.6 Å². The average molecular weight is 411 g/mol. The summed E-state index contributed by atoms with van der Waals surface area (Å²) in [7, 11) is 0. The summed E-state index contributed by atoms with van der Waals surface area (Å²) in [6.45, 7) is 3.07. The van der Waals surface area contributed by atoms with Gasteiger partial charge in [-0.1, -0.05) is 24.3 Å². The molecule has 0 saturated carbocycles. The Bertz CT molecular complexity index is 1090. The summed E-state index contributed by atoms with van der Waals surface area (Å²) in [4.78, 5) is 24.0. The molecule has 29 heavy (non-hydrogen) atoms. The summed E-state index contributed by atoms with van der Waals surface area (Å²) < 4.78 is 8.06. The number of H-pyrrole nitrogens is 1. The molecule has 0 radical (unpaired) electrons. The predicted octanol–water partition coefficient (Wildman–Crippen LogP) is 2.57. The van der Waals surface area contributed by atoms with E-state index >= 15 is 0 Å². The third kappa shape index (κ3) is 4.88. The van der Waals surface area contributed by atoms with Crippen molar-refractivity contribution in [1.82, 2.24) is 20.1 Å². The molecule has 3 aromatic rings. The molecule has 0 unspecified atom stereocenters. The molecule has 1 aromatic heterocycles. The fourth-order valence-corrected chi connectivity index (χ4v) is 3.11. The van der Waals surface area contributed by atoms with Crippen LogP contribution in [0.2, 0.25) is 0 Å². The molecular formula is C20H21N5O3S. The lowest BCUT2D eigenvalue weighted by Gasteiger charge is -2.11. The second kappa shape index (κ2) is 9.16. The van der Waals surface area contributed by atoms with Crippen molar-refractivity contribution in [2.45, 2.75) is 26.6 Å². The highest BCUT2D eigenvalue weighted by Crippen LogP contribution is 2.19. The van der Waals surface area contributed by atoms with E-state index in [9.17, 15) is 9.59 Å². The minimum absolute atomic E-state index is 0.194. The lowest BCUT2D eigenvalue weighted by Crippen LogP contribution is -2.25. The number of aromatic nitrogens is 3. The standard InChI is InChI=1S/C20H21N5O3S/c1-2-25-17(23-24-20(25)29)11-22-19(27)14-7-5-6-13(10-14)12-28-16-9-4-3-8-15(16)18(21)26/h3-10H,2,11-12H2,1H3,(H2,21,26)(H,22,27)(H,24,29). The fourth-order valence-electron chi connectivity index (χ4n) is 2.83. The molecule has 0 aliphatic carbocycles. The number of nitrogens with zero attached hydrogens (tertiary/aromatic N) is 2. The maximum absolute atomic E-state index is 12.5. The van der Waals surface area contributed by atoms with E-state index in [4.69, 9.17) is 22.7 Å². The zero-order valence-corrected chi connectivity index (χ0v) is 16.7. The van der Waals surface area contributed by atoms with E-state index in [0.717, 1.165) is 5.56 Å². The van der Waals surface area contributed by atoms with Gasteiger partial charge in [-0.3, -0.25) is 14.7 Å². The zero-order chi connectivity index (χ0) is 20.8. The van der Waals surface area contributed by atoms with Gasteiger partial charge < -0.3 is 20.4 Å².